The number of aryl methyl sites for hydroxylation is 1. The molecule has 0 aliphatic carbocycles. The molecule has 1 aromatic carbocycles. The second-order valence-electron chi connectivity index (χ2n) is 6.40. The molecule has 4 atom stereocenters. The zero-order valence-corrected chi connectivity index (χ0v) is 14.9. The number of hydrogen-bond acceptors (Lipinski definition) is 7. The van der Waals surface area contributed by atoms with Crippen LogP contribution in [0.15, 0.2) is 29.2 Å². The van der Waals surface area contributed by atoms with Crippen LogP contribution in [0.2, 0.25) is 0 Å². The third-order valence-electron chi connectivity index (χ3n) is 4.02. The quantitative estimate of drug-likeness (QED) is 0.756. The highest BCUT2D eigenvalue weighted by Crippen LogP contribution is 2.37. The van der Waals surface area contributed by atoms with E-state index < -0.39 is 40.5 Å². The van der Waals surface area contributed by atoms with Crippen LogP contribution in [0.1, 0.15) is 19.4 Å². The molecule has 7 nitrogen and oxygen atoms in total. The predicted molar refractivity (Wildman–Crippen MR) is 83.8 cm³/mol. The standard InChI is InChI=1S/C16H22O7S/c1-10-5-7-11(8-6-10)24(17,18)23-12-9-20-15(19-4)14-13(12)21-16(2,3)22-14/h5-8,12-15H,9H2,1-4H3/t12-,13+,14+,15+/m0/s1. The summed E-state index contributed by atoms with van der Waals surface area (Å²) in [6, 6.07) is 6.46. The minimum Gasteiger partial charge on any atom is -0.353 e. The van der Waals surface area contributed by atoms with Crippen LogP contribution >= 0.6 is 0 Å². The molecule has 3 rings (SSSR count). The van der Waals surface area contributed by atoms with Gasteiger partial charge in [0.05, 0.1) is 11.5 Å². The van der Waals surface area contributed by atoms with Crippen LogP contribution in [-0.4, -0.2) is 52.5 Å². The van der Waals surface area contributed by atoms with Crippen molar-refractivity contribution in [2.45, 2.75) is 56.1 Å². The number of fused-ring (bicyclic) bond motifs is 1. The van der Waals surface area contributed by atoms with Crippen LogP contribution in [0.5, 0.6) is 0 Å². The zero-order chi connectivity index (χ0) is 17.5. The number of hydrogen-bond donors (Lipinski definition) is 0. The molecule has 2 fully saturated rings. The lowest BCUT2D eigenvalue weighted by Gasteiger charge is -2.35. The summed E-state index contributed by atoms with van der Waals surface area (Å²) < 4.78 is 52.8. The van der Waals surface area contributed by atoms with Gasteiger partial charge in [-0.3, -0.25) is 4.18 Å². The molecule has 2 aliphatic rings. The monoisotopic (exact) mass is 358 g/mol. The molecule has 0 unspecified atom stereocenters. The first-order valence-electron chi connectivity index (χ1n) is 7.72. The van der Waals surface area contributed by atoms with Crippen LogP contribution in [0, 0.1) is 6.92 Å². The van der Waals surface area contributed by atoms with E-state index in [0.717, 1.165) is 5.56 Å². The van der Waals surface area contributed by atoms with Gasteiger partial charge in [0.2, 0.25) is 0 Å². The summed E-state index contributed by atoms with van der Waals surface area (Å²) in [7, 11) is -2.43. The van der Waals surface area contributed by atoms with Gasteiger partial charge < -0.3 is 18.9 Å². The van der Waals surface area contributed by atoms with E-state index in [0.29, 0.717) is 0 Å². The zero-order valence-electron chi connectivity index (χ0n) is 14.1. The molecule has 0 spiro atoms. The molecule has 0 bridgehead atoms. The highest BCUT2D eigenvalue weighted by molar-refractivity contribution is 7.86. The predicted octanol–water partition coefficient (Wildman–Crippen LogP) is 1.59. The van der Waals surface area contributed by atoms with Crippen molar-refractivity contribution >= 4 is 10.1 Å². The van der Waals surface area contributed by atoms with E-state index in [-0.39, 0.29) is 11.5 Å². The fraction of sp³-hybridized carbons (Fsp3) is 0.625. The summed E-state index contributed by atoms with van der Waals surface area (Å²) in [6.07, 6.45) is -2.59. The number of rotatable bonds is 4. The number of ether oxygens (including phenoxy) is 4. The molecule has 2 saturated heterocycles. The topological polar surface area (TPSA) is 80.3 Å². The van der Waals surface area contributed by atoms with Crippen LogP contribution in [-0.2, 0) is 33.2 Å². The van der Waals surface area contributed by atoms with E-state index >= 15 is 0 Å². The van der Waals surface area contributed by atoms with Gasteiger partial charge in [-0.1, -0.05) is 17.7 Å². The van der Waals surface area contributed by atoms with E-state index in [2.05, 4.69) is 0 Å². The van der Waals surface area contributed by atoms with Crippen molar-refractivity contribution in [3.05, 3.63) is 29.8 Å². The highest BCUT2D eigenvalue weighted by atomic mass is 32.2. The Morgan fingerprint density at radius 1 is 1.12 bits per heavy atom. The average Bonchev–Trinajstić information content (AvgIpc) is 2.83. The van der Waals surface area contributed by atoms with Crippen molar-refractivity contribution in [2.24, 2.45) is 0 Å². The minimum atomic E-state index is -3.93. The van der Waals surface area contributed by atoms with E-state index in [4.69, 9.17) is 23.1 Å². The molecule has 2 heterocycles. The van der Waals surface area contributed by atoms with Crippen molar-refractivity contribution in [1.29, 1.82) is 0 Å². The van der Waals surface area contributed by atoms with E-state index in [9.17, 15) is 8.42 Å². The number of methoxy groups -OCH3 is 1. The fourth-order valence-corrected chi connectivity index (χ4v) is 3.97. The van der Waals surface area contributed by atoms with Crippen molar-refractivity contribution in [3.63, 3.8) is 0 Å². The summed E-state index contributed by atoms with van der Waals surface area (Å²) in [6.45, 7) is 5.42. The van der Waals surface area contributed by atoms with Gasteiger partial charge in [0.15, 0.2) is 12.1 Å². The van der Waals surface area contributed by atoms with Crippen molar-refractivity contribution in [2.75, 3.05) is 13.7 Å². The normalized spacial score (nSPS) is 32.5. The molecule has 0 radical (unpaired) electrons. The molecule has 2 aliphatic heterocycles. The average molecular weight is 358 g/mol. The van der Waals surface area contributed by atoms with Gasteiger partial charge in [-0.25, -0.2) is 0 Å². The molecule has 0 aromatic heterocycles. The molecule has 134 valence electrons. The molecule has 0 amide bonds. The summed E-state index contributed by atoms with van der Waals surface area (Å²) in [5.41, 5.74) is 0.965. The van der Waals surface area contributed by atoms with Gasteiger partial charge in [0.25, 0.3) is 10.1 Å². The Hall–Kier alpha value is -1.03. The summed E-state index contributed by atoms with van der Waals surface area (Å²) in [5.74, 6) is -0.866. The molecule has 8 heteroatoms. The van der Waals surface area contributed by atoms with Gasteiger partial charge in [0.1, 0.15) is 18.3 Å². The molecule has 0 N–H and O–H groups in total. The molecular weight excluding hydrogens is 336 g/mol. The van der Waals surface area contributed by atoms with Crippen LogP contribution in [0.25, 0.3) is 0 Å². The van der Waals surface area contributed by atoms with Crippen molar-refractivity contribution in [3.8, 4) is 0 Å². The fourth-order valence-electron chi connectivity index (χ4n) is 2.90. The largest absolute Gasteiger partial charge is 0.353 e. The minimum absolute atomic E-state index is 0.0319. The van der Waals surface area contributed by atoms with E-state index in [1.165, 1.54) is 19.2 Å². The van der Waals surface area contributed by atoms with E-state index in [1.54, 1.807) is 26.0 Å². The summed E-state index contributed by atoms with van der Waals surface area (Å²) in [5, 5.41) is 0. The second kappa shape index (κ2) is 6.36. The Morgan fingerprint density at radius 3 is 2.38 bits per heavy atom. The van der Waals surface area contributed by atoms with Gasteiger partial charge in [-0.2, -0.15) is 8.42 Å². The maximum absolute atomic E-state index is 12.5. The maximum Gasteiger partial charge on any atom is 0.297 e. The molecule has 1 aromatic rings. The highest BCUT2D eigenvalue weighted by Gasteiger charge is 2.53. The van der Waals surface area contributed by atoms with Crippen LogP contribution < -0.4 is 0 Å². The lowest BCUT2D eigenvalue weighted by molar-refractivity contribution is -0.234. The SMILES string of the molecule is CO[C@@H]1OC[C@H](OS(=O)(=O)c2ccc(C)cc2)[C@H]2OC(C)(C)O[C@@H]12. The summed E-state index contributed by atoms with van der Waals surface area (Å²) >= 11 is 0. The third-order valence-corrected chi connectivity index (χ3v) is 5.37. The third kappa shape index (κ3) is 3.49. The van der Waals surface area contributed by atoms with Crippen molar-refractivity contribution < 1.29 is 31.5 Å². The molecule has 24 heavy (non-hydrogen) atoms. The maximum atomic E-state index is 12.5. The Balaban J connectivity index is 1.80. The Bertz CT molecular complexity index is 683. The smallest absolute Gasteiger partial charge is 0.297 e. The lowest BCUT2D eigenvalue weighted by Crippen LogP contribution is -2.53. The van der Waals surface area contributed by atoms with Gasteiger partial charge in [0, 0.05) is 7.11 Å². The van der Waals surface area contributed by atoms with Crippen LogP contribution in [0.4, 0.5) is 0 Å². The summed E-state index contributed by atoms with van der Waals surface area (Å²) in [4.78, 5) is 0.0942. The first-order valence-corrected chi connectivity index (χ1v) is 9.13. The van der Waals surface area contributed by atoms with Gasteiger partial charge in [-0.15, -0.1) is 0 Å². The first kappa shape index (κ1) is 17.8. The van der Waals surface area contributed by atoms with Gasteiger partial charge >= 0.3 is 0 Å². The van der Waals surface area contributed by atoms with Gasteiger partial charge in [-0.05, 0) is 32.9 Å². The second-order valence-corrected chi connectivity index (χ2v) is 7.98. The van der Waals surface area contributed by atoms with Crippen LogP contribution in [0.3, 0.4) is 0 Å². The van der Waals surface area contributed by atoms with E-state index in [1.807, 2.05) is 6.92 Å². The molecular formula is C16H22O7S. The molecule has 0 saturated carbocycles. The Labute approximate surface area is 141 Å². The van der Waals surface area contributed by atoms with Crippen molar-refractivity contribution in [1.82, 2.24) is 0 Å². The Kier molecular flexibility index (Phi) is 4.71. The number of benzene rings is 1. The lowest BCUT2D eigenvalue weighted by atomic mass is 10.1. The Morgan fingerprint density at radius 2 is 1.75 bits per heavy atom. The first-order chi connectivity index (χ1) is 11.2.